The van der Waals surface area contributed by atoms with Crippen LogP contribution in [0.4, 0.5) is 5.69 Å². The number of sulfonamides is 1. The molecule has 1 heterocycles. The molecule has 1 aromatic heterocycles. The third-order valence-electron chi connectivity index (χ3n) is 4.22. The number of anilines is 1. The van der Waals surface area contributed by atoms with Crippen molar-refractivity contribution in [2.24, 2.45) is 5.73 Å². The molecule has 0 aliphatic carbocycles. The summed E-state index contributed by atoms with van der Waals surface area (Å²) in [6, 6.07) is 16.2. The molecule has 2 aromatic carbocycles. The molecule has 3 rings (SSSR count). The summed E-state index contributed by atoms with van der Waals surface area (Å²) < 4.78 is 27.6. The van der Waals surface area contributed by atoms with Crippen molar-refractivity contribution in [2.75, 3.05) is 11.0 Å². The second-order valence-electron chi connectivity index (χ2n) is 6.37. The maximum atomic E-state index is 12.2. The van der Waals surface area contributed by atoms with E-state index in [0.29, 0.717) is 34.1 Å². The van der Waals surface area contributed by atoms with Gasteiger partial charge < -0.3 is 10.3 Å². The molecular weight excluding hydrogens is 398 g/mol. The first-order valence-corrected chi connectivity index (χ1v) is 10.8. The molecule has 0 radical (unpaired) electrons. The van der Waals surface area contributed by atoms with E-state index in [1.807, 2.05) is 41.8 Å². The van der Waals surface area contributed by atoms with Crippen LogP contribution in [0.2, 0.25) is 5.02 Å². The van der Waals surface area contributed by atoms with Crippen molar-refractivity contribution in [3.05, 3.63) is 65.2 Å². The van der Waals surface area contributed by atoms with E-state index in [0.717, 1.165) is 17.5 Å². The maximum Gasteiger partial charge on any atom is 0.250 e. The lowest BCUT2D eigenvalue weighted by Gasteiger charge is -2.14. The Hall–Kier alpha value is -2.77. The molecule has 6 nitrogen and oxygen atoms in total. The lowest BCUT2D eigenvalue weighted by atomic mass is 10.1. The summed E-state index contributed by atoms with van der Waals surface area (Å²) in [5.74, 6) is -0.572. The Morgan fingerprint density at radius 1 is 1.11 bits per heavy atom. The summed E-state index contributed by atoms with van der Waals surface area (Å²) in [4.78, 5) is 12.2. The molecule has 3 N–H and O–H groups in total. The van der Waals surface area contributed by atoms with Gasteiger partial charge in [0.15, 0.2) is 0 Å². The molecule has 0 aliphatic rings. The molecule has 8 heteroatoms. The fourth-order valence-electron chi connectivity index (χ4n) is 3.22. The van der Waals surface area contributed by atoms with Crippen LogP contribution in [0.1, 0.15) is 17.3 Å². The highest BCUT2D eigenvalue weighted by Crippen LogP contribution is 2.35. The summed E-state index contributed by atoms with van der Waals surface area (Å²) in [5.41, 5.74) is 9.26. The Morgan fingerprint density at radius 2 is 1.79 bits per heavy atom. The van der Waals surface area contributed by atoms with Gasteiger partial charge in [-0.05, 0) is 36.8 Å². The Morgan fingerprint density at radius 3 is 2.36 bits per heavy atom. The number of amides is 1. The minimum atomic E-state index is -3.48. The number of carbonyl (C=O) groups is 1. The normalized spacial score (nSPS) is 11.4. The standard InChI is InChI=1S/C20H20ClN3O3S/c1-3-24-18(13-7-5-4-6-8-13)12-17(20(22)25)19(24)14-9-15(21)11-16(10-14)23-28(2,26)27/h4-12,23H,3H2,1-2H3,(H2,22,25). The monoisotopic (exact) mass is 417 g/mol. The van der Waals surface area contributed by atoms with Crippen LogP contribution in [-0.4, -0.2) is 25.1 Å². The average Bonchev–Trinajstić information content (AvgIpc) is 3.00. The Labute approximate surface area is 169 Å². The zero-order chi connectivity index (χ0) is 20.5. The third-order valence-corrected chi connectivity index (χ3v) is 5.05. The van der Waals surface area contributed by atoms with Gasteiger partial charge in [-0.1, -0.05) is 41.9 Å². The van der Waals surface area contributed by atoms with Crippen molar-refractivity contribution in [3.63, 3.8) is 0 Å². The van der Waals surface area contributed by atoms with Gasteiger partial charge in [-0.15, -0.1) is 0 Å². The lowest BCUT2D eigenvalue weighted by Crippen LogP contribution is -2.13. The number of primary amides is 1. The SMILES string of the molecule is CCn1c(-c2ccccc2)cc(C(N)=O)c1-c1cc(Cl)cc(NS(C)(=O)=O)c1. The van der Waals surface area contributed by atoms with Crippen molar-refractivity contribution in [3.8, 4) is 22.5 Å². The summed E-state index contributed by atoms with van der Waals surface area (Å²) >= 11 is 6.22. The van der Waals surface area contributed by atoms with Crippen molar-refractivity contribution < 1.29 is 13.2 Å². The summed E-state index contributed by atoms with van der Waals surface area (Å²) in [6.45, 7) is 2.54. The van der Waals surface area contributed by atoms with E-state index in [4.69, 9.17) is 17.3 Å². The van der Waals surface area contributed by atoms with Crippen LogP contribution < -0.4 is 10.5 Å². The van der Waals surface area contributed by atoms with Crippen LogP contribution in [0.15, 0.2) is 54.6 Å². The van der Waals surface area contributed by atoms with Crippen molar-refractivity contribution in [1.29, 1.82) is 0 Å². The largest absolute Gasteiger partial charge is 0.366 e. The van der Waals surface area contributed by atoms with Crippen LogP contribution in [0.3, 0.4) is 0 Å². The number of nitrogens with one attached hydrogen (secondary N) is 1. The first-order valence-electron chi connectivity index (χ1n) is 8.57. The number of nitrogens with two attached hydrogens (primary N) is 1. The van der Waals surface area contributed by atoms with Crippen LogP contribution in [0, 0.1) is 0 Å². The molecule has 3 aromatic rings. The predicted octanol–water partition coefficient (Wildman–Crippen LogP) is 3.97. The van der Waals surface area contributed by atoms with Gasteiger partial charge in [-0.25, -0.2) is 8.42 Å². The van der Waals surface area contributed by atoms with Gasteiger partial charge in [0.25, 0.3) is 5.91 Å². The Kier molecular flexibility index (Phi) is 5.49. The first-order chi connectivity index (χ1) is 13.2. The van der Waals surface area contributed by atoms with Gasteiger partial charge in [0.2, 0.25) is 10.0 Å². The molecule has 146 valence electrons. The molecule has 0 bridgehead atoms. The second-order valence-corrected chi connectivity index (χ2v) is 8.55. The van der Waals surface area contributed by atoms with E-state index in [1.54, 1.807) is 18.2 Å². The molecular formula is C20H20ClN3O3S. The van der Waals surface area contributed by atoms with E-state index < -0.39 is 15.9 Å². The smallest absolute Gasteiger partial charge is 0.250 e. The molecule has 0 fully saturated rings. The quantitative estimate of drug-likeness (QED) is 0.635. The molecule has 0 spiro atoms. The minimum Gasteiger partial charge on any atom is -0.366 e. The average molecular weight is 418 g/mol. The van der Waals surface area contributed by atoms with E-state index >= 15 is 0 Å². The van der Waals surface area contributed by atoms with Crippen molar-refractivity contribution >= 4 is 33.2 Å². The summed E-state index contributed by atoms with van der Waals surface area (Å²) in [7, 11) is -3.48. The van der Waals surface area contributed by atoms with Crippen LogP contribution in [0.25, 0.3) is 22.5 Å². The highest BCUT2D eigenvalue weighted by Gasteiger charge is 2.21. The fraction of sp³-hybridized carbons (Fsp3) is 0.150. The van der Waals surface area contributed by atoms with Gasteiger partial charge >= 0.3 is 0 Å². The van der Waals surface area contributed by atoms with Crippen LogP contribution >= 0.6 is 11.6 Å². The van der Waals surface area contributed by atoms with Crippen molar-refractivity contribution in [2.45, 2.75) is 13.5 Å². The maximum absolute atomic E-state index is 12.2. The Bertz CT molecular complexity index is 1140. The number of hydrogen-bond acceptors (Lipinski definition) is 3. The second kappa shape index (κ2) is 7.69. The van der Waals surface area contributed by atoms with E-state index in [9.17, 15) is 13.2 Å². The summed E-state index contributed by atoms with van der Waals surface area (Å²) in [6.07, 6.45) is 1.06. The van der Waals surface area contributed by atoms with E-state index in [-0.39, 0.29) is 0 Å². The molecule has 1 amide bonds. The molecule has 0 atom stereocenters. The van der Waals surface area contributed by atoms with Gasteiger partial charge in [-0.3, -0.25) is 9.52 Å². The zero-order valence-corrected chi connectivity index (χ0v) is 17.0. The first kappa shape index (κ1) is 20.0. The van der Waals surface area contributed by atoms with E-state index in [2.05, 4.69) is 4.72 Å². The topological polar surface area (TPSA) is 94.2 Å². The fourth-order valence-corrected chi connectivity index (χ4v) is 4.01. The van der Waals surface area contributed by atoms with Gasteiger partial charge in [0, 0.05) is 22.8 Å². The highest BCUT2D eigenvalue weighted by atomic mass is 35.5. The van der Waals surface area contributed by atoms with Gasteiger partial charge in [-0.2, -0.15) is 0 Å². The number of hydrogen-bond donors (Lipinski definition) is 2. The number of nitrogens with zero attached hydrogens (tertiary/aromatic N) is 1. The number of benzene rings is 2. The summed E-state index contributed by atoms with van der Waals surface area (Å²) in [5, 5.41) is 0.337. The number of carbonyl (C=O) groups excluding carboxylic acids is 1. The molecule has 0 saturated carbocycles. The molecule has 0 unspecified atom stereocenters. The lowest BCUT2D eigenvalue weighted by molar-refractivity contribution is 0.100. The predicted molar refractivity (Wildman–Crippen MR) is 113 cm³/mol. The van der Waals surface area contributed by atoms with Gasteiger partial charge in [0.1, 0.15) is 0 Å². The van der Waals surface area contributed by atoms with Gasteiger partial charge in [0.05, 0.1) is 23.2 Å². The highest BCUT2D eigenvalue weighted by molar-refractivity contribution is 7.92. The molecule has 0 saturated heterocycles. The van der Waals surface area contributed by atoms with Crippen LogP contribution in [-0.2, 0) is 16.6 Å². The number of aromatic nitrogens is 1. The zero-order valence-electron chi connectivity index (χ0n) is 15.4. The molecule has 28 heavy (non-hydrogen) atoms. The van der Waals surface area contributed by atoms with E-state index in [1.165, 1.54) is 6.07 Å². The van der Waals surface area contributed by atoms with Crippen LogP contribution in [0.5, 0.6) is 0 Å². The Balaban J connectivity index is 2.27. The number of halogens is 1. The minimum absolute atomic E-state index is 0.311. The number of rotatable bonds is 6. The van der Waals surface area contributed by atoms with Crippen molar-refractivity contribution in [1.82, 2.24) is 4.57 Å². The third kappa shape index (κ3) is 4.21. The molecule has 0 aliphatic heterocycles.